The van der Waals surface area contributed by atoms with Gasteiger partial charge in [0.05, 0.1) is 32.5 Å². The fourth-order valence-electron chi connectivity index (χ4n) is 2.74. The molecular weight excluding hydrogens is 339 g/mol. The Hall–Kier alpha value is -1.26. The average Bonchev–Trinajstić information content (AvgIpc) is 2.57. The van der Waals surface area contributed by atoms with Gasteiger partial charge in [0.2, 0.25) is 0 Å². The number of nitrogens with zero attached hydrogens (tertiary/aromatic N) is 1. The molecule has 9 heteroatoms. The van der Waals surface area contributed by atoms with E-state index in [9.17, 15) is 12.8 Å². The molecule has 0 bridgehead atoms. The van der Waals surface area contributed by atoms with Crippen LogP contribution >= 0.6 is 0 Å². The molecule has 1 N–H and O–H groups in total. The molecule has 0 radical (unpaired) electrons. The van der Waals surface area contributed by atoms with Crippen LogP contribution in [0.15, 0.2) is 24.3 Å². The highest BCUT2D eigenvalue weighted by Gasteiger charge is 2.34. The van der Waals surface area contributed by atoms with Crippen LogP contribution in [-0.2, 0) is 19.7 Å². The van der Waals surface area contributed by atoms with Gasteiger partial charge in [0, 0.05) is 25.6 Å². The first kappa shape index (κ1) is 17.6. The summed E-state index contributed by atoms with van der Waals surface area (Å²) in [6, 6.07) is 5.27. The lowest BCUT2D eigenvalue weighted by atomic mass is 10.1. The molecule has 1 aromatic carbocycles. The molecule has 0 spiro atoms. The van der Waals surface area contributed by atoms with E-state index in [2.05, 4.69) is 4.72 Å². The van der Waals surface area contributed by atoms with Gasteiger partial charge in [-0.2, -0.15) is 17.4 Å². The van der Waals surface area contributed by atoms with Gasteiger partial charge in [-0.05, 0) is 12.1 Å². The van der Waals surface area contributed by atoms with Gasteiger partial charge >= 0.3 is 0 Å². The Morgan fingerprint density at radius 3 is 2.75 bits per heavy atom. The van der Waals surface area contributed by atoms with Gasteiger partial charge in [-0.25, -0.2) is 4.39 Å². The van der Waals surface area contributed by atoms with Crippen molar-refractivity contribution >= 4 is 10.2 Å². The van der Waals surface area contributed by atoms with Crippen LogP contribution in [0.3, 0.4) is 0 Å². The molecular formula is C15H21FN2O5S. The van der Waals surface area contributed by atoms with E-state index < -0.39 is 28.2 Å². The standard InChI is InChI=1S/C15H21FN2O5S/c16-12-2-1-3-13(10-12)23-15-4-7-22-11-14(15)17-24(19,20)18-5-8-21-9-6-18/h1-3,10,14-15,17H,4-9,11H2/t14-,15+/m1/s1. The molecule has 1 aromatic rings. The molecule has 0 aromatic heterocycles. The largest absolute Gasteiger partial charge is 0.488 e. The predicted octanol–water partition coefficient (Wildman–Crippen LogP) is 0.529. The van der Waals surface area contributed by atoms with E-state index in [4.69, 9.17) is 14.2 Å². The number of halogens is 1. The molecule has 0 aliphatic carbocycles. The second-order valence-electron chi connectivity index (χ2n) is 5.72. The molecule has 2 fully saturated rings. The van der Waals surface area contributed by atoms with Crippen LogP contribution < -0.4 is 9.46 Å². The lowest BCUT2D eigenvalue weighted by Crippen LogP contribution is -2.56. The lowest BCUT2D eigenvalue weighted by Gasteiger charge is -2.34. The lowest BCUT2D eigenvalue weighted by molar-refractivity contribution is 0.00206. The summed E-state index contributed by atoms with van der Waals surface area (Å²) in [7, 11) is -3.65. The highest BCUT2D eigenvalue weighted by atomic mass is 32.2. The van der Waals surface area contributed by atoms with Gasteiger partial charge in [-0.1, -0.05) is 6.07 Å². The second-order valence-corrected chi connectivity index (χ2v) is 7.42. The normalized spacial score (nSPS) is 26.2. The molecule has 2 aliphatic rings. The Morgan fingerprint density at radius 2 is 2.00 bits per heavy atom. The van der Waals surface area contributed by atoms with Crippen LogP contribution in [0.1, 0.15) is 6.42 Å². The highest BCUT2D eigenvalue weighted by Crippen LogP contribution is 2.20. The summed E-state index contributed by atoms with van der Waals surface area (Å²) in [5.74, 6) is -0.0255. The van der Waals surface area contributed by atoms with Crippen LogP contribution in [-0.4, -0.2) is 64.4 Å². The Kier molecular flexibility index (Phi) is 5.67. The second kappa shape index (κ2) is 7.75. The minimum Gasteiger partial charge on any atom is -0.488 e. The minimum atomic E-state index is -3.65. The average molecular weight is 360 g/mol. The molecule has 7 nitrogen and oxygen atoms in total. The highest BCUT2D eigenvalue weighted by molar-refractivity contribution is 7.87. The van der Waals surface area contributed by atoms with Crippen LogP contribution in [0.25, 0.3) is 0 Å². The van der Waals surface area contributed by atoms with Gasteiger partial charge in [-0.3, -0.25) is 0 Å². The zero-order valence-corrected chi connectivity index (χ0v) is 14.0. The van der Waals surface area contributed by atoms with Crippen LogP contribution in [0.5, 0.6) is 5.75 Å². The number of ether oxygens (including phenoxy) is 3. The van der Waals surface area contributed by atoms with Crippen molar-refractivity contribution in [1.82, 2.24) is 9.03 Å². The number of morpholine rings is 1. The maximum atomic E-state index is 13.3. The van der Waals surface area contributed by atoms with E-state index in [1.165, 1.54) is 16.4 Å². The van der Waals surface area contributed by atoms with Crippen molar-refractivity contribution in [3.05, 3.63) is 30.1 Å². The molecule has 0 unspecified atom stereocenters. The van der Waals surface area contributed by atoms with Crippen LogP contribution in [0.4, 0.5) is 4.39 Å². The van der Waals surface area contributed by atoms with Gasteiger partial charge in [0.15, 0.2) is 0 Å². The minimum absolute atomic E-state index is 0.212. The molecule has 2 saturated heterocycles. The van der Waals surface area contributed by atoms with E-state index >= 15 is 0 Å². The fourth-order valence-corrected chi connectivity index (χ4v) is 4.12. The molecule has 2 aliphatic heterocycles. The first-order chi connectivity index (χ1) is 11.5. The first-order valence-corrected chi connectivity index (χ1v) is 9.34. The van der Waals surface area contributed by atoms with Gasteiger partial charge < -0.3 is 14.2 Å². The van der Waals surface area contributed by atoms with E-state index in [1.54, 1.807) is 12.1 Å². The summed E-state index contributed by atoms with van der Waals surface area (Å²) in [5, 5.41) is 0. The predicted molar refractivity (Wildman–Crippen MR) is 84.5 cm³/mol. The number of hydrogen-bond acceptors (Lipinski definition) is 5. The quantitative estimate of drug-likeness (QED) is 0.829. The third-order valence-electron chi connectivity index (χ3n) is 3.99. The zero-order chi connectivity index (χ0) is 17.0. The van der Waals surface area contributed by atoms with E-state index in [1.807, 2.05) is 0 Å². The number of nitrogens with one attached hydrogen (secondary N) is 1. The topological polar surface area (TPSA) is 77.1 Å². The Bertz CT molecular complexity index is 651. The summed E-state index contributed by atoms with van der Waals surface area (Å²) >= 11 is 0. The third kappa shape index (κ3) is 4.42. The summed E-state index contributed by atoms with van der Waals surface area (Å²) in [6.07, 6.45) is 0.101. The monoisotopic (exact) mass is 360 g/mol. The summed E-state index contributed by atoms with van der Waals surface area (Å²) < 4.78 is 58.6. The Morgan fingerprint density at radius 1 is 1.21 bits per heavy atom. The van der Waals surface area contributed by atoms with Crippen LogP contribution in [0.2, 0.25) is 0 Å². The van der Waals surface area contributed by atoms with Crippen molar-refractivity contribution in [1.29, 1.82) is 0 Å². The maximum Gasteiger partial charge on any atom is 0.280 e. The molecule has 134 valence electrons. The molecule has 24 heavy (non-hydrogen) atoms. The molecule has 0 amide bonds. The van der Waals surface area contributed by atoms with Crippen LogP contribution in [0, 0.1) is 5.82 Å². The van der Waals surface area contributed by atoms with E-state index in [0.29, 0.717) is 45.1 Å². The smallest absolute Gasteiger partial charge is 0.280 e. The maximum absolute atomic E-state index is 13.3. The summed E-state index contributed by atoms with van der Waals surface area (Å²) in [5.41, 5.74) is 0. The molecule has 3 rings (SSSR count). The van der Waals surface area contributed by atoms with Gasteiger partial charge in [0.1, 0.15) is 17.7 Å². The Labute approximate surface area is 140 Å². The molecule has 2 heterocycles. The number of hydrogen-bond donors (Lipinski definition) is 1. The first-order valence-electron chi connectivity index (χ1n) is 7.90. The van der Waals surface area contributed by atoms with Gasteiger partial charge in [0.25, 0.3) is 10.2 Å². The number of benzene rings is 1. The molecule has 2 atom stereocenters. The van der Waals surface area contributed by atoms with Crippen molar-refractivity contribution in [2.24, 2.45) is 0 Å². The van der Waals surface area contributed by atoms with Crippen molar-refractivity contribution in [2.45, 2.75) is 18.6 Å². The van der Waals surface area contributed by atoms with Crippen molar-refractivity contribution < 1.29 is 27.0 Å². The van der Waals surface area contributed by atoms with Crippen molar-refractivity contribution in [2.75, 3.05) is 39.5 Å². The third-order valence-corrected chi connectivity index (χ3v) is 5.63. The summed E-state index contributed by atoms with van der Waals surface area (Å²) in [6.45, 7) is 2.08. The number of rotatable bonds is 5. The van der Waals surface area contributed by atoms with E-state index in [-0.39, 0.29) is 6.61 Å². The molecule has 0 saturated carbocycles. The van der Waals surface area contributed by atoms with E-state index in [0.717, 1.165) is 0 Å². The Balaban J connectivity index is 1.67. The van der Waals surface area contributed by atoms with Crippen molar-refractivity contribution in [3.63, 3.8) is 0 Å². The summed E-state index contributed by atoms with van der Waals surface area (Å²) in [4.78, 5) is 0. The zero-order valence-electron chi connectivity index (χ0n) is 13.2. The van der Waals surface area contributed by atoms with Crippen molar-refractivity contribution in [3.8, 4) is 5.75 Å². The van der Waals surface area contributed by atoms with Gasteiger partial charge in [-0.15, -0.1) is 0 Å². The SMILES string of the molecule is O=S(=O)(N[C@@H]1COCC[C@@H]1Oc1cccc(F)c1)N1CCOCC1. The fraction of sp³-hybridized carbons (Fsp3) is 0.600.